The molecule has 0 saturated carbocycles. The van der Waals surface area contributed by atoms with Crippen molar-refractivity contribution < 1.29 is 14.3 Å². The van der Waals surface area contributed by atoms with Crippen LogP contribution in [0.1, 0.15) is 28.5 Å². The molecule has 0 fully saturated rings. The maximum absolute atomic E-state index is 12.5. The molecule has 0 N–H and O–H groups in total. The Hall–Kier alpha value is -3.14. The van der Waals surface area contributed by atoms with Gasteiger partial charge in [-0.25, -0.2) is 0 Å². The van der Waals surface area contributed by atoms with Crippen LogP contribution in [0.2, 0.25) is 0 Å². The van der Waals surface area contributed by atoms with Crippen LogP contribution in [0.3, 0.4) is 0 Å². The summed E-state index contributed by atoms with van der Waals surface area (Å²) in [6.07, 6.45) is 0.0425. The summed E-state index contributed by atoms with van der Waals surface area (Å²) < 4.78 is 6.44. The number of carbonyl (C=O) groups is 2. The second-order valence-corrected chi connectivity index (χ2v) is 6.74. The molecule has 3 aromatic rings. The summed E-state index contributed by atoms with van der Waals surface area (Å²) in [5.74, 6) is -0.510. The molecule has 4 heteroatoms. The SMILES string of the molecule is COC(=O)Cc1cc(-c2ccc(C)cc2)c(-c2ccc(C)cc2)n1C(C)=O. The number of methoxy groups -OCH3 is 1. The number of aromatic nitrogens is 1. The predicted octanol–water partition coefficient (Wildman–Crippen LogP) is 4.81. The van der Waals surface area contributed by atoms with E-state index in [4.69, 9.17) is 4.74 Å². The van der Waals surface area contributed by atoms with Crippen LogP contribution in [0.15, 0.2) is 54.6 Å². The summed E-state index contributed by atoms with van der Waals surface area (Å²) in [6.45, 7) is 5.57. The molecule has 4 nitrogen and oxygen atoms in total. The summed E-state index contributed by atoms with van der Waals surface area (Å²) >= 11 is 0. The van der Waals surface area contributed by atoms with Crippen molar-refractivity contribution in [2.24, 2.45) is 0 Å². The number of ether oxygens (including phenoxy) is 1. The van der Waals surface area contributed by atoms with Gasteiger partial charge in [-0.1, -0.05) is 59.7 Å². The molecule has 0 unspecified atom stereocenters. The fourth-order valence-corrected chi connectivity index (χ4v) is 3.22. The predicted molar refractivity (Wildman–Crippen MR) is 107 cm³/mol. The number of hydrogen-bond acceptors (Lipinski definition) is 3. The molecule has 0 aliphatic rings. The van der Waals surface area contributed by atoms with E-state index in [0.29, 0.717) is 5.69 Å². The van der Waals surface area contributed by atoms with E-state index in [-0.39, 0.29) is 18.3 Å². The number of nitrogens with zero attached hydrogens (tertiary/aromatic N) is 1. The Morgan fingerprint density at radius 2 is 1.41 bits per heavy atom. The first-order valence-electron chi connectivity index (χ1n) is 8.87. The molecule has 3 rings (SSSR count). The van der Waals surface area contributed by atoms with Crippen molar-refractivity contribution in [2.45, 2.75) is 27.2 Å². The van der Waals surface area contributed by atoms with Crippen LogP contribution in [0, 0.1) is 13.8 Å². The Labute approximate surface area is 159 Å². The molecule has 138 valence electrons. The normalized spacial score (nSPS) is 10.7. The minimum Gasteiger partial charge on any atom is -0.469 e. The quantitative estimate of drug-likeness (QED) is 0.626. The highest BCUT2D eigenvalue weighted by atomic mass is 16.5. The van der Waals surface area contributed by atoms with E-state index >= 15 is 0 Å². The molecule has 0 aliphatic carbocycles. The first-order valence-corrected chi connectivity index (χ1v) is 8.87. The van der Waals surface area contributed by atoms with Gasteiger partial charge < -0.3 is 4.74 Å². The Morgan fingerprint density at radius 3 is 1.89 bits per heavy atom. The molecule has 0 amide bonds. The molecule has 0 saturated heterocycles. The molecule has 2 aromatic carbocycles. The van der Waals surface area contributed by atoms with E-state index in [0.717, 1.165) is 33.5 Å². The zero-order valence-corrected chi connectivity index (χ0v) is 16.1. The van der Waals surface area contributed by atoms with Gasteiger partial charge in [-0.15, -0.1) is 0 Å². The van der Waals surface area contributed by atoms with Crippen molar-refractivity contribution in [3.05, 3.63) is 71.4 Å². The molecule has 0 bridgehead atoms. The number of benzene rings is 2. The number of carbonyl (C=O) groups excluding carboxylic acids is 2. The second kappa shape index (κ2) is 7.62. The van der Waals surface area contributed by atoms with Crippen LogP contribution in [-0.4, -0.2) is 23.6 Å². The lowest BCUT2D eigenvalue weighted by Gasteiger charge is -2.12. The minimum atomic E-state index is -0.374. The number of esters is 1. The third kappa shape index (κ3) is 3.85. The molecular weight excluding hydrogens is 338 g/mol. The molecule has 0 radical (unpaired) electrons. The van der Waals surface area contributed by atoms with Gasteiger partial charge >= 0.3 is 5.97 Å². The van der Waals surface area contributed by atoms with Gasteiger partial charge in [0.05, 0.1) is 19.2 Å². The van der Waals surface area contributed by atoms with Crippen molar-refractivity contribution in [3.8, 4) is 22.4 Å². The highest BCUT2D eigenvalue weighted by molar-refractivity contribution is 5.92. The van der Waals surface area contributed by atoms with E-state index in [2.05, 4.69) is 0 Å². The monoisotopic (exact) mass is 361 g/mol. The molecule has 0 atom stereocenters. The average molecular weight is 361 g/mol. The highest BCUT2D eigenvalue weighted by Crippen LogP contribution is 2.36. The van der Waals surface area contributed by atoms with E-state index in [1.165, 1.54) is 14.0 Å². The molecule has 1 heterocycles. The van der Waals surface area contributed by atoms with Crippen molar-refractivity contribution >= 4 is 11.9 Å². The lowest BCUT2D eigenvalue weighted by molar-refractivity contribution is -0.139. The highest BCUT2D eigenvalue weighted by Gasteiger charge is 2.22. The summed E-state index contributed by atoms with van der Waals surface area (Å²) in [5, 5.41) is 0. The first-order chi connectivity index (χ1) is 12.9. The first kappa shape index (κ1) is 18.6. The maximum Gasteiger partial charge on any atom is 0.311 e. The topological polar surface area (TPSA) is 48.3 Å². The third-order valence-corrected chi connectivity index (χ3v) is 4.63. The Balaban J connectivity index is 2.28. The van der Waals surface area contributed by atoms with Gasteiger partial charge in [0.15, 0.2) is 0 Å². The van der Waals surface area contributed by atoms with Gasteiger partial charge in [0, 0.05) is 18.2 Å². The van der Waals surface area contributed by atoms with E-state index in [9.17, 15) is 9.59 Å². The van der Waals surface area contributed by atoms with Crippen molar-refractivity contribution in [3.63, 3.8) is 0 Å². The van der Waals surface area contributed by atoms with E-state index in [1.54, 1.807) is 4.57 Å². The van der Waals surface area contributed by atoms with E-state index in [1.807, 2.05) is 68.4 Å². The smallest absolute Gasteiger partial charge is 0.311 e. The lowest BCUT2D eigenvalue weighted by Crippen LogP contribution is -2.15. The van der Waals surface area contributed by atoms with Gasteiger partial charge in [0.1, 0.15) is 0 Å². The number of rotatable bonds is 4. The molecule has 0 aliphatic heterocycles. The van der Waals surface area contributed by atoms with Gasteiger partial charge in [0.25, 0.3) is 0 Å². The fourth-order valence-electron chi connectivity index (χ4n) is 3.22. The fraction of sp³-hybridized carbons (Fsp3) is 0.217. The average Bonchev–Trinajstić information content (AvgIpc) is 3.02. The van der Waals surface area contributed by atoms with Crippen molar-refractivity contribution in [1.82, 2.24) is 4.57 Å². The molecule has 27 heavy (non-hydrogen) atoms. The summed E-state index contributed by atoms with van der Waals surface area (Å²) in [5.41, 5.74) is 6.59. The van der Waals surface area contributed by atoms with Gasteiger partial charge in [0.2, 0.25) is 5.91 Å². The Kier molecular flexibility index (Phi) is 5.26. The maximum atomic E-state index is 12.5. The molecule has 0 spiro atoms. The zero-order valence-electron chi connectivity index (χ0n) is 16.1. The summed E-state index contributed by atoms with van der Waals surface area (Å²) in [7, 11) is 1.35. The van der Waals surface area contributed by atoms with Gasteiger partial charge in [-0.3, -0.25) is 14.2 Å². The lowest BCUT2D eigenvalue weighted by atomic mass is 9.99. The minimum absolute atomic E-state index is 0.0425. The van der Waals surface area contributed by atoms with Crippen molar-refractivity contribution in [1.29, 1.82) is 0 Å². The third-order valence-electron chi connectivity index (χ3n) is 4.63. The number of aryl methyl sites for hydroxylation is 2. The standard InChI is InChI=1S/C23H23NO3/c1-15-5-9-18(10-6-15)21-13-20(14-22(26)27-4)24(17(3)25)23(21)19-11-7-16(2)8-12-19/h5-13H,14H2,1-4H3. The van der Waals surface area contributed by atoms with Crippen LogP contribution in [0.4, 0.5) is 0 Å². The Morgan fingerprint density at radius 1 is 0.889 bits per heavy atom. The van der Waals surface area contributed by atoms with Crippen molar-refractivity contribution in [2.75, 3.05) is 7.11 Å². The summed E-state index contributed by atoms with van der Waals surface area (Å²) in [4.78, 5) is 24.4. The van der Waals surface area contributed by atoms with Gasteiger partial charge in [-0.05, 0) is 31.0 Å². The zero-order chi connectivity index (χ0) is 19.6. The summed E-state index contributed by atoms with van der Waals surface area (Å²) in [6, 6.07) is 18.1. The van der Waals surface area contributed by atoms with Crippen LogP contribution in [-0.2, 0) is 16.0 Å². The number of hydrogen-bond donors (Lipinski definition) is 0. The van der Waals surface area contributed by atoms with Crippen LogP contribution < -0.4 is 0 Å². The van der Waals surface area contributed by atoms with Crippen LogP contribution >= 0.6 is 0 Å². The van der Waals surface area contributed by atoms with E-state index < -0.39 is 0 Å². The molecule has 1 aromatic heterocycles. The van der Waals surface area contributed by atoms with Gasteiger partial charge in [-0.2, -0.15) is 0 Å². The van der Waals surface area contributed by atoms with Crippen LogP contribution in [0.5, 0.6) is 0 Å². The second-order valence-electron chi connectivity index (χ2n) is 6.74. The Bertz CT molecular complexity index is 980. The van der Waals surface area contributed by atoms with Crippen LogP contribution in [0.25, 0.3) is 22.4 Å². The molecular formula is C23H23NO3. The largest absolute Gasteiger partial charge is 0.469 e.